The maximum Gasteiger partial charge on any atom is 0.339 e. The number of hydrogen-bond donors (Lipinski definition) is 2. The van der Waals surface area contributed by atoms with Gasteiger partial charge in [0.2, 0.25) is 5.82 Å². The van der Waals surface area contributed by atoms with Crippen molar-refractivity contribution in [1.29, 1.82) is 0 Å². The molecule has 2 aromatic rings. The minimum Gasteiger partial charge on any atom is -0.496 e. The number of carboxylic acid groups (broad SMARTS) is 1. The third-order valence-electron chi connectivity index (χ3n) is 3.49. The summed E-state index contributed by atoms with van der Waals surface area (Å²) in [6.07, 6.45) is 0.723. The molecule has 0 saturated carbocycles. The number of H-pyrrole nitrogens is 1. The molecule has 8 heteroatoms. The molecule has 0 aliphatic rings. The first-order valence-corrected chi connectivity index (χ1v) is 7.04. The van der Waals surface area contributed by atoms with Gasteiger partial charge in [0.05, 0.1) is 19.0 Å². The van der Waals surface area contributed by atoms with Crippen molar-refractivity contribution in [3.8, 4) is 11.4 Å². The Bertz CT molecular complexity index is 922. The van der Waals surface area contributed by atoms with Gasteiger partial charge in [-0.1, -0.05) is 20.8 Å². The monoisotopic (exact) mass is 336 g/mol. The number of aromatic carboxylic acids is 1. The molecule has 0 spiro atoms. The summed E-state index contributed by atoms with van der Waals surface area (Å²) in [5.41, 5.74) is -2.05. The summed E-state index contributed by atoms with van der Waals surface area (Å²) in [7, 11) is 1.35. The van der Waals surface area contributed by atoms with E-state index < -0.39 is 28.5 Å². The molecule has 0 bridgehead atoms. The summed E-state index contributed by atoms with van der Waals surface area (Å²) in [4.78, 5) is 36.5. The van der Waals surface area contributed by atoms with Crippen molar-refractivity contribution in [3.05, 3.63) is 56.1 Å². The highest BCUT2D eigenvalue weighted by atomic mass is 19.1. The maximum atomic E-state index is 13.5. The molecule has 128 valence electrons. The Morgan fingerprint density at radius 1 is 1.29 bits per heavy atom. The highest BCUT2D eigenvalue weighted by Gasteiger charge is 2.25. The molecule has 2 rings (SSSR count). The lowest BCUT2D eigenvalue weighted by Gasteiger charge is -2.24. The lowest BCUT2D eigenvalue weighted by Crippen LogP contribution is -2.30. The van der Waals surface area contributed by atoms with Crippen LogP contribution in [0.25, 0.3) is 5.69 Å². The topological polar surface area (TPSA) is 101 Å². The van der Waals surface area contributed by atoms with Crippen molar-refractivity contribution >= 4 is 5.97 Å². The lowest BCUT2D eigenvalue weighted by atomic mass is 9.84. The van der Waals surface area contributed by atoms with E-state index in [0.29, 0.717) is 5.56 Å². The van der Waals surface area contributed by atoms with Gasteiger partial charge < -0.3 is 9.84 Å². The van der Waals surface area contributed by atoms with E-state index in [1.165, 1.54) is 19.2 Å². The fourth-order valence-electron chi connectivity index (χ4n) is 2.33. The molecule has 7 nitrogen and oxygen atoms in total. The number of aromatic amines is 1. The first kappa shape index (κ1) is 17.5. The number of carbonyl (C=O) groups is 1. The van der Waals surface area contributed by atoms with Crippen LogP contribution in [0.15, 0.2) is 27.9 Å². The second kappa shape index (κ2) is 5.95. The van der Waals surface area contributed by atoms with E-state index in [0.717, 1.165) is 10.8 Å². The van der Waals surface area contributed by atoms with Gasteiger partial charge in [0, 0.05) is 5.56 Å². The molecule has 1 aromatic carbocycles. The van der Waals surface area contributed by atoms with Gasteiger partial charge in [-0.15, -0.1) is 0 Å². The number of benzene rings is 1. The van der Waals surface area contributed by atoms with Crippen molar-refractivity contribution in [2.24, 2.45) is 0 Å². The largest absolute Gasteiger partial charge is 0.496 e. The number of methoxy groups -OCH3 is 1. The quantitative estimate of drug-likeness (QED) is 0.888. The second-order valence-electron chi connectivity index (χ2n) is 6.24. The molecule has 0 amide bonds. The molecule has 1 aromatic heterocycles. The van der Waals surface area contributed by atoms with Crippen molar-refractivity contribution in [1.82, 2.24) is 9.55 Å². The van der Waals surface area contributed by atoms with E-state index in [4.69, 9.17) is 4.74 Å². The predicted octanol–water partition coefficient (Wildman–Crippen LogP) is 1.67. The molecular formula is C16H17FN2O5. The normalized spacial score (nSPS) is 11.4. The fourth-order valence-corrected chi connectivity index (χ4v) is 2.33. The number of nitrogens with one attached hydrogen (secondary N) is 1. The van der Waals surface area contributed by atoms with Crippen molar-refractivity contribution in [2.75, 3.05) is 7.11 Å². The Balaban J connectivity index is 2.89. The minimum atomic E-state index is -1.25. The van der Waals surface area contributed by atoms with Crippen LogP contribution in [0.5, 0.6) is 5.75 Å². The summed E-state index contributed by atoms with van der Waals surface area (Å²) in [5.74, 6) is -2.24. The smallest absolute Gasteiger partial charge is 0.339 e. The predicted molar refractivity (Wildman–Crippen MR) is 84.8 cm³/mol. The first-order valence-electron chi connectivity index (χ1n) is 7.04. The summed E-state index contributed by atoms with van der Waals surface area (Å²) in [6.45, 7) is 5.53. The Morgan fingerprint density at radius 2 is 1.92 bits per heavy atom. The van der Waals surface area contributed by atoms with Gasteiger partial charge in [0.25, 0.3) is 5.56 Å². The third-order valence-corrected chi connectivity index (χ3v) is 3.49. The Labute approximate surface area is 136 Å². The molecule has 0 aliphatic carbocycles. The molecule has 0 saturated heterocycles. The number of halogens is 1. The molecule has 0 unspecified atom stereocenters. The van der Waals surface area contributed by atoms with Crippen molar-refractivity contribution < 1.29 is 19.0 Å². The van der Waals surface area contributed by atoms with Crippen LogP contribution >= 0.6 is 0 Å². The summed E-state index contributed by atoms with van der Waals surface area (Å²) in [5, 5.41) is 9.43. The van der Waals surface area contributed by atoms with E-state index in [1.807, 2.05) is 25.8 Å². The van der Waals surface area contributed by atoms with Gasteiger partial charge in [0.15, 0.2) is 0 Å². The van der Waals surface area contributed by atoms with Gasteiger partial charge in [-0.05, 0) is 17.5 Å². The van der Waals surface area contributed by atoms with Gasteiger partial charge in [-0.3, -0.25) is 14.3 Å². The lowest BCUT2D eigenvalue weighted by molar-refractivity contribution is 0.0693. The van der Waals surface area contributed by atoms with E-state index in [9.17, 15) is 23.9 Å². The highest BCUT2D eigenvalue weighted by molar-refractivity contribution is 5.92. The zero-order valence-electron chi connectivity index (χ0n) is 13.6. The number of carboxylic acids is 1. The van der Waals surface area contributed by atoms with Crippen LogP contribution in [-0.2, 0) is 5.41 Å². The SMILES string of the molecule is COc1c(C(=O)O)cc(-n2cc(F)c(=O)[nH]c2=O)cc1C(C)(C)C. The van der Waals surface area contributed by atoms with E-state index in [-0.39, 0.29) is 17.0 Å². The minimum absolute atomic E-state index is 0.110. The van der Waals surface area contributed by atoms with Crippen LogP contribution in [0.1, 0.15) is 36.7 Å². The van der Waals surface area contributed by atoms with Crippen LogP contribution in [0.2, 0.25) is 0 Å². The second-order valence-corrected chi connectivity index (χ2v) is 6.24. The van der Waals surface area contributed by atoms with E-state index in [2.05, 4.69) is 0 Å². The van der Waals surface area contributed by atoms with Gasteiger partial charge in [-0.2, -0.15) is 4.39 Å². The third kappa shape index (κ3) is 3.08. The molecule has 1 heterocycles. The molecule has 0 fully saturated rings. The average Bonchev–Trinajstić information content (AvgIpc) is 2.48. The number of rotatable bonds is 3. The Morgan fingerprint density at radius 3 is 2.42 bits per heavy atom. The number of nitrogens with zero attached hydrogens (tertiary/aromatic N) is 1. The summed E-state index contributed by atoms with van der Waals surface area (Å²) >= 11 is 0. The van der Waals surface area contributed by atoms with Crippen LogP contribution in [-0.4, -0.2) is 27.7 Å². The van der Waals surface area contributed by atoms with E-state index >= 15 is 0 Å². The first-order chi connectivity index (χ1) is 11.1. The van der Waals surface area contributed by atoms with Gasteiger partial charge >= 0.3 is 11.7 Å². The summed E-state index contributed by atoms with van der Waals surface area (Å²) in [6, 6.07) is 2.72. The molecule has 0 atom stereocenters. The number of ether oxygens (including phenoxy) is 1. The molecule has 0 aliphatic heterocycles. The number of hydrogen-bond acceptors (Lipinski definition) is 4. The highest BCUT2D eigenvalue weighted by Crippen LogP contribution is 2.36. The zero-order chi connectivity index (χ0) is 18.2. The van der Waals surface area contributed by atoms with Crippen LogP contribution in [0.4, 0.5) is 4.39 Å². The summed E-state index contributed by atoms with van der Waals surface area (Å²) < 4.78 is 19.6. The van der Waals surface area contributed by atoms with Crippen molar-refractivity contribution in [3.63, 3.8) is 0 Å². The zero-order valence-corrected chi connectivity index (χ0v) is 13.6. The number of aromatic nitrogens is 2. The maximum absolute atomic E-state index is 13.5. The van der Waals surface area contributed by atoms with E-state index in [1.54, 1.807) is 0 Å². The molecule has 0 radical (unpaired) electrons. The Hall–Kier alpha value is -2.90. The average molecular weight is 336 g/mol. The fraction of sp³-hybridized carbons (Fsp3) is 0.312. The molecule has 2 N–H and O–H groups in total. The van der Waals surface area contributed by atoms with Gasteiger partial charge in [0.1, 0.15) is 11.3 Å². The molecular weight excluding hydrogens is 319 g/mol. The van der Waals surface area contributed by atoms with Crippen LogP contribution in [0, 0.1) is 5.82 Å². The molecule has 24 heavy (non-hydrogen) atoms. The van der Waals surface area contributed by atoms with Crippen LogP contribution < -0.4 is 16.0 Å². The van der Waals surface area contributed by atoms with Crippen LogP contribution in [0.3, 0.4) is 0 Å². The standard InChI is InChI=1S/C16H17FN2O5/c1-16(2,3)10-6-8(5-9(14(21)22)12(10)24-4)19-7-11(17)13(20)18-15(19)23/h5-7H,1-4H3,(H,21,22)(H,18,20,23). The van der Waals surface area contributed by atoms with Gasteiger partial charge in [-0.25, -0.2) is 9.59 Å². The van der Waals surface area contributed by atoms with Crippen molar-refractivity contribution in [2.45, 2.75) is 26.2 Å². The Kier molecular flexibility index (Phi) is 4.33.